The Morgan fingerprint density at radius 3 is 2.65 bits per heavy atom. The Balaban J connectivity index is 2.13. The van der Waals surface area contributed by atoms with Crippen molar-refractivity contribution in [2.24, 2.45) is 0 Å². The van der Waals surface area contributed by atoms with E-state index < -0.39 is 12.1 Å². The van der Waals surface area contributed by atoms with E-state index in [2.05, 4.69) is 5.32 Å². The molecule has 2 atom stereocenters. The molecule has 1 aliphatic heterocycles. The molecular formula is C19H27N3O4. The lowest BCUT2D eigenvalue weighted by Gasteiger charge is -2.26. The van der Waals surface area contributed by atoms with Crippen molar-refractivity contribution in [1.29, 1.82) is 0 Å². The lowest BCUT2D eigenvalue weighted by Crippen LogP contribution is -2.51. The third-order valence-corrected chi connectivity index (χ3v) is 4.40. The number of carbonyl (C=O) groups is 3. The number of ether oxygens (including phenoxy) is 1. The molecule has 142 valence electrons. The Hall–Kier alpha value is -2.57. The maximum atomic E-state index is 13.0. The van der Waals surface area contributed by atoms with Gasteiger partial charge in [-0.3, -0.25) is 14.4 Å². The van der Waals surface area contributed by atoms with Crippen LogP contribution in [0.15, 0.2) is 24.3 Å². The summed E-state index contributed by atoms with van der Waals surface area (Å²) in [7, 11) is 3.28. The first-order chi connectivity index (χ1) is 12.4. The monoisotopic (exact) mass is 361 g/mol. The minimum atomic E-state index is -0.634. The average Bonchev–Trinajstić information content (AvgIpc) is 3.11. The molecule has 1 aromatic carbocycles. The van der Waals surface area contributed by atoms with Crippen molar-refractivity contribution in [1.82, 2.24) is 15.1 Å². The van der Waals surface area contributed by atoms with Crippen molar-refractivity contribution in [3.05, 3.63) is 29.8 Å². The van der Waals surface area contributed by atoms with Crippen LogP contribution in [-0.2, 0) is 9.59 Å². The van der Waals surface area contributed by atoms with E-state index in [1.54, 1.807) is 44.1 Å². The number of para-hydroxylation sites is 1. The van der Waals surface area contributed by atoms with Crippen LogP contribution in [0.3, 0.4) is 0 Å². The number of hydrogen-bond donors (Lipinski definition) is 1. The van der Waals surface area contributed by atoms with Gasteiger partial charge in [0.05, 0.1) is 12.2 Å². The quantitative estimate of drug-likeness (QED) is 0.828. The van der Waals surface area contributed by atoms with Crippen LogP contribution in [0, 0.1) is 0 Å². The molecular weight excluding hydrogens is 334 g/mol. The van der Waals surface area contributed by atoms with Gasteiger partial charge in [0.2, 0.25) is 11.8 Å². The summed E-state index contributed by atoms with van der Waals surface area (Å²) in [6, 6.07) is 5.84. The molecule has 0 bridgehead atoms. The number of carbonyl (C=O) groups excluding carboxylic acids is 3. The van der Waals surface area contributed by atoms with Gasteiger partial charge < -0.3 is 19.9 Å². The number of nitrogens with zero attached hydrogens (tertiary/aromatic N) is 2. The van der Waals surface area contributed by atoms with Gasteiger partial charge in [-0.15, -0.1) is 0 Å². The van der Waals surface area contributed by atoms with E-state index in [0.29, 0.717) is 30.9 Å². The lowest BCUT2D eigenvalue weighted by molar-refractivity contribution is -0.135. The molecule has 2 unspecified atom stereocenters. The summed E-state index contributed by atoms with van der Waals surface area (Å²) in [6.07, 6.45) is 1.33. The van der Waals surface area contributed by atoms with Gasteiger partial charge in [-0.1, -0.05) is 12.1 Å². The molecule has 0 aliphatic carbocycles. The molecule has 1 saturated heterocycles. The highest BCUT2D eigenvalue weighted by Crippen LogP contribution is 2.25. The SMILES string of the molecule is CCOc1ccccc1C(=O)N1CCCC1C(=O)NC(C)C(=O)N(C)C. The number of hydrogen-bond acceptors (Lipinski definition) is 4. The van der Waals surface area contributed by atoms with Crippen LogP contribution in [-0.4, -0.2) is 66.9 Å². The summed E-state index contributed by atoms with van der Waals surface area (Å²) in [6.45, 7) is 4.47. The minimum Gasteiger partial charge on any atom is -0.493 e. The zero-order chi connectivity index (χ0) is 19.3. The molecule has 0 spiro atoms. The third kappa shape index (κ3) is 4.33. The third-order valence-electron chi connectivity index (χ3n) is 4.40. The second-order valence-corrected chi connectivity index (χ2v) is 6.55. The van der Waals surface area contributed by atoms with E-state index in [0.717, 1.165) is 6.42 Å². The van der Waals surface area contributed by atoms with Gasteiger partial charge in [0.1, 0.15) is 17.8 Å². The van der Waals surface area contributed by atoms with E-state index in [1.807, 2.05) is 13.0 Å². The summed E-state index contributed by atoms with van der Waals surface area (Å²) in [5.74, 6) is -0.191. The number of rotatable bonds is 6. The fourth-order valence-corrected chi connectivity index (χ4v) is 3.12. The number of likely N-dealkylation sites (N-methyl/N-ethyl adjacent to an activating group) is 1. The first kappa shape index (κ1) is 19.8. The summed E-state index contributed by atoms with van der Waals surface area (Å²) in [5.41, 5.74) is 0.450. The molecule has 3 amide bonds. The highest BCUT2D eigenvalue weighted by molar-refractivity contribution is 6.00. The summed E-state index contributed by atoms with van der Waals surface area (Å²) >= 11 is 0. The van der Waals surface area contributed by atoms with Crippen molar-refractivity contribution in [2.75, 3.05) is 27.2 Å². The molecule has 0 radical (unpaired) electrons. The van der Waals surface area contributed by atoms with Crippen LogP contribution in [0.4, 0.5) is 0 Å². The van der Waals surface area contributed by atoms with Crippen molar-refractivity contribution in [3.8, 4) is 5.75 Å². The molecule has 1 heterocycles. The molecule has 26 heavy (non-hydrogen) atoms. The van der Waals surface area contributed by atoms with Crippen LogP contribution in [0.2, 0.25) is 0 Å². The number of likely N-dealkylation sites (tertiary alicyclic amines) is 1. The summed E-state index contributed by atoms with van der Waals surface area (Å²) < 4.78 is 5.54. The molecule has 1 aliphatic rings. The van der Waals surface area contributed by atoms with Gasteiger partial charge in [-0.2, -0.15) is 0 Å². The smallest absolute Gasteiger partial charge is 0.258 e. The minimum absolute atomic E-state index is 0.184. The number of amides is 3. The fraction of sp³-hybridized carbons (Fsp3) is 0.526. The van der Waals surface area contributed by atoms with Crippen molar-refractivity contribution >= 4 is 17.7 Å². The maximum Gasteiger partial charge on any atom is 0.258 e. The highest BCUT2D eigenvalue weighted by atomic mass is 16.5. The highest BCUT2D eigenvalue weighted by Gasteiger charge is 2.36. The van der Waals surface area contributed by atoms with Gasteiger partial charge in [-0.05, 0) is 38.8 Å². The predicted molar refractivity (Wildman–Crippen MR) is 98.0 cm³/mol. The Labute approximate surface area is 154 Å². The normalized spacial score (nSPS) is 17.5. The summed E-state index contributed by atoms with van der Waals surface area (Å²) in [4.78, 5) is 40.6. The molecule has 0 saturated carbocycles. The van der Waals surface area contributed by atoms with E-state index in [4.69, 9.17) is 4.74 Å². The zero-order valence-electron chi connectivity index (χ0n) is 15.8. The van der Waals surface area contributed by atoms with Gasteiger partial charge >= 0.3 is 0 Å². The van der Waals surface area contributed by atoms with Gasteiger partial charge in [0.15, 0.2) is 0 Å². The molecule has 1 fully saturated rings. The Morgan fingerprint density at radius 1 is 1.31 bits per heavy atom. The molecule has 0 aromatic heterocycles. The van der Waals surface area contributed by atoms with Gasteiger partial charge in [-0.25, -0.2) is 0 Å². The van der Waals surface area contributed by atoms with Crippen molar-refractivity contribution in [2.45, 2.75) is 38.8 Å². The first-order valence-electron chi connectivity index (χ1n) is 8.91. The average molecular weight is 361 g/mol. The number of benzene rings is 1. The second kappa shape index (κ2) is 8.69. The topological polar surface area (TPSA) is 79.0 Å². The zero-order valence-corrected chi connectivity index (χ0v) is 15.8. The van der Waals surface area contributed by atoms with Crippen LogP contribution >= 0.6 is 0 Å². The van der Waals surface area contributed by atoms with Gasteiger partial charge in [0, 0.05) is 20.6 Å². The summed E-state index contributed by atoms with van der Waals surface area (Å²) in [5, 5.41) is 2.72. The Kier molecular flexibility index (Phi) is 6.60. The molecule has 7 nitrogen and oxygen atoms in total. The van der Waals surface area contributed by atoms with E-state index in [-0.39, 0.29) is 17.7 Å². The van der Waals surface area contributed by atoms with E-state index in [9.17, 15) is 14.4 Å². The van der Waals surface area contributed by atoms with E-state index in [1.165, 1.54) is 4.90 Å². The van der Waals surface area contributed by atoms with Crippen LogP contribution in [0.5, 0.6) is 5.75 Å². The molecule has 1 N–H and O–H groups in total. The van der Waals surface area contributed by atoms with E-state index >= 15 is 0 Å². The van der Waals surface area contributed by atoms with Gasteiger partial charge in [0.25, 0.3) is 5.91 Å². The van der Waals surface area contributed by atoms with Crippen molar-refractivity contribution < 1.29 is 19.1 Å². The molecule has 2 rings (SSSR count). The first-order valence-corrected chi connectivity index (χ1v) is 8.91. The van der Waals surface area contributed by atoms with Crippen molar-refractivity contribution in [3.63, 3.8) is 0 Å². The molecule has 7 heteroatoms. The fourth-order valence-electron chi connectivity index (χ4n) is 3.12. The Morgan fingerprint density at radius 2 is 2.00 bits per heavy atom. The lowest BCUT2D eigenvalue weighted by atomic mass is 10.1. The standard InChI is InChI=1S/C19H27N3O4/c1-5-26-16-11-7-6-9-14(16)19(25)22-12-8-10-15(22)17(23)20-13(2)18(24)21(3)4/h6-7,9,11,13,15H,5,8,10,12H2,1-4H3,(H,20,23). The largest absolute Gasteiger partial charge is 0.493 e. The van der Waals surface area contributed by atoms with Crippen LogP contribution < -0.4 is 10.1 Å². The predicted octanol–water partition coefficient (Wildman–Crippen LogP) is 1.28. The second-order valence-electron chi connectivity index (χ2n) is 6.55. The maximum absolute atomic E-state index is 13.0. The van der Waals surface area contributed by atoms with Crippen LogP contribution in [0.25, 0.3) is 0 Å². The molecule has 1 aromatic rings. The van der Waals surface area contributed by atoms with Crippen LogP contribution in [0.1, 0.15) is 37.0 Å². The Bertz CT molecular complexity index is 675. The number of nitrogens with one attached hydrogen (secondary N) is 1.